The first-order valence-corrected chi connectivity index (χ1v) is 7.39. The molecule has 0 unspecified atom stereocenters. The number of aryl methyl sites for hydroxylation is 1. The summed E-state index contributed by atoms with van der Waals surface area (Å²) < 4.78 is 5.57. The minimum atomic E-state index is -0.699. The Kier molecular flexibility index (Phi) is 4.19. The van der Waals surface area contributed by atoms with Crippen LogP contribution in [-0.2, 0) is 5.60 Å². The maximum absolute atomic E-state index is 11.0. The average Bonchev–Trinajstić information content (AvgIpc) is 2.42. The van der Waals surface area contributed by atoms with Crippen molar-refractivity contribution in [3.63, 3.8) is 0 Å². The Labute approximate surface area is 116 Å². The Hall–Kier alpha value is -1.02. The van der Waals surface area contributed by atoms with Crippen LogP contribution in [0.25, 0.3) is 0 Å². The van der Waals surface area contributed by atoms with Gasteiger partial charge in [0.05, 0.1) is 12.7 Å². The average molecular weight is 262 g/mol. The molecule has 1 fully saturated rings. The molecule has 0 radical (unpaired) electrons. The van der Waals surface area contributed by atoms with Gasteiger partial charge in [0.15, 0.2) is 0 Å². The summed E-state index contributed by atoms with van der Waals surface area (Å²) in [6, 6.07) is 4.14. The fourth-order valence-electron chi connectivity index (χ4n) is 3.25. The summed E-state index contributed by atoms with van der Waals surface area (Å²) in [5.41, 5.74) is 2.64. The first-order chi connectivity index (χ1) is 9.01. The zero-order valence-corrected chi connectivity index (χ0v) is 12.6. The molecule has 0 aromatic heterocycles. The van der Waals surface area contributed by atoms with Crippen LogP contribution in [0, 0.1) is 19.8 Å². The van der Waals surface area contributed by atoms with Crippen molar-refractivity contribution < 1.29 is 9.84 Å². The van der Waals surface area contributed by atoms with Crippen LogP contribution >= 0.6 is 0 Å². The molecule has 2 heteroatoms. The molecule has 0 atom stereocenters. The van der Waals surface area contributed by atoms with Crippen LogP contribution < -0.4 is 4.74 Å². The van der Waals surface area contributed by atoms with Gasteiger partial charge < -0.3 is 9.84 Å². The van der Waals surface area contributed by atoms with Crippen molar-refractivity contribution in [2.45, 2.75) is 58.5 Å². The van der Waals surface area contributed by atoms with Crippen LogP contribution in [-0.4, -0.2) is 12.2 Å². The predicted octanol–water partition coefficient (Wildman–Crippen LogP) is 4.10. The minimum absolute atomic E-state index is 0.699. The van der Waals surface area contributed by atoms with E-state index in [1.54, 1.807) is 7.11 Å². The number of rotatable bonds is 3. The van der Waals surface area contributed by atoms with E-state index in [2.05, 4.69) is 26.8 Å². The summed E-state index contributed by atoms with van der Waals surface area (Å²) in [6.07, 6.45) is 5.15. The Morgan fingerprint density at radius 3 is 2.42 bits per heavy atom. The molecule has 1 N–H and O–H groups in total. The molecule has 0 aliphatic heterocycles. The molecule has 0 amide bonds. The van der Waals surface area contributed by atoms with Crippen LogP contribution in [0.3, 0.4) is 0 Å². The maximum atomic E-state index is 11.0. The molecular weight excluding hydrogens is 236 g/mol. The number of hydrogen-bond donors (Lipinski definition) is 1. The smallest absolute Gasteiger partial charge is 0.128 e. The van der Waals surface area contributed by atoms with Gasteiger partial charge in [-0.1, -0.05) is 25.5 Å². The van der Waals surface area contributed by atoms with Crippen molar-refractivity contribution in [1.29, 1.82) is 0 Å². The van der Waals surface area contributed by atoms with Crippen molar-refractivity contribution >= 4 is 0 Å². The summed E-state index contributed by atoms with van der Waals surface area (Å²) in [5, 5.41) is 11.0. The highest BCUT2D eigenvalue weighted by Crippen LogP contribution is 2.44. The highest BCUT2D eigenvalue weighted by Gasteiger charge is 2.36. The Morgan fingerprint density at radius 1 is 1.26 bits per heavy atom. The lowest BCUT2D eigenvalue weighted by Crippen LogP contribution is -2.32. The summed E-state index contributed by atoms with van der Waals surface area (Å²) in [6.45, 7) is 6.39. The molecule has 0 spiro atoms. The second kappa shape index (κ2) is 5.54. The summed E-state index contributed by atoms with van der Waals surface area (Å²) >= 11 is 0. The SMILES string of the molecule is CCC1CCC(O)(c2ccc(C)c(C)c2OC)CC1. The third kappa shape index (κ3) is 2.64. The van der Waals surface area contributed by atoms with Crippen LogP contribution in [0.15, 0.2) is 12.1 Å². The van der Waals surface area contributed by atoms with Gasteiger partial charge in [-0.25, -0.2) is 0 Å². The lowest BCUT2D eigenvalue weighted by Gasteiger charge is -2.37. The van der Waals surface area contributed by atoms with Gasteiger partial charge in [0.25, 0.3) is 0 Å². The lowest BCUT2D eigenvalue weighted by atomic mass is 9.74. The van der Waals surface area contributed by atoms with E-state index in [1.807, 2.05) is 6.07 Å². The van der Waals surface area contributed by atoms with Crippen molar-refractivity contribution in [1.82, 2.24) is 0 Å². The molecule has 1 aromatic carbocycles. The standard InChI is InChI=1S/C17H26O2/c1-5-14-8-10-17(18,11-9-14)15-7-6-12(2)13(3)16(15)19-4/h6-7,14,18H,5,8-11H2,1-4H3. The van der Waals surface area contributed by atoms with Gasteiger partial charge in [0.1, 0.15) is 5.75 Å². The molecule has 2 rings (SSSR count). The zero-order chi connectivity index (χ0) is 14.0. The first-order valence-electron chi connectivity index (χ1n) is 7.39. The van der Waals surface area contributed by atoms with Gasteiger partial charge in [-0.15, -0.1) is 0 Å². The van der Waals surface area contributed by atoms with Crippen LogP contribution in [0.2, 0.25) is 0 Å². The third-order valence-corrected chi connectivity index (χ3v) is 4.89. The molecular formula is C17H26O2. The lowest BCUT2D eigenvalue weighted by molar-refractivity contribution is -0.0164. The Bertz CT molecular complexity index is 443. The molecule has 106 valence electrons. The summed E-state index contributed by atoms with van der Waals surface area (Å²) in [5.74, 6) is 1.65. The van der Waals surface area contributed by atoms with Gasteiger partial charge >= 0.3 is 0 Å². The predicted molar refractivity (Wildman–Crippen MR) is 78.6 cm³/mol. The normalized spacial score (nSPS) is 27.3. The Balaban J connectivity index is 2.34. The molecule has 0 heterocycles. The Morgan fingerprint density at radius 2 is 1.89 bits per heavy atom. The van der Waals surface area contributed by atoms with E-state index in [0.29, 0.717) is 0 Å². The fourth-order valence-corrected chi connectivity index (χ4v) is 3.25. The number of aliphatic hydroxyl groups is 1. The quantitative estimate of drug-likeness (QED) is 0.888. The van der Waals surface area contributed by atoms with E-state index in [-0.39, 0.29) is 0 Å². The largest absolute Gasteiger partial charge is 0.496 e. The minimum Gasteiger partial charge on any atom is -0.496 e. The second-order valence-electron chi connectivity index (χ2n) is 5.97. The van der Waals surface area contributed by atoms with E-state index >= 15 is 0 Å². The molecule has 1 saturated carbocycles. The van der Waals surface area contributed by atoms with E-state index in [0.717, 1.165) is 48.5 Å². The van der Waals surface area contributed by atoms with Gasteiger partial charge in [-0.2, -0.15) is 0 Å². The third-order valence-electron chi connectivity index (χ3n) is 4.89. The van der Waals surface area contributed by atoms with E-state index in [4.69, 9.17) is 4.74 Å². The van der Waals surface area contributed by atoms with Crippen LogP contribution in [0.1, 0.15) is 55.7 Å². The first kappa shape index (κ1) is 14.4. The van der Waals surface area contributed by atoms with Crippen LogP contribution in [0.5, 0.6) is 5.75 Å². The second-order valence-corrected chi connectivity index (χ2v) is 5.97. The number of methoxy groups -OCH3 is 1. The van der Waals surface area contributed by atoms with Crippen molar-refractivity contribution in [2.24, 2.45) is 5.92 Å². The van der Waals surface area contributed by atoms with Crippen molar-refractivity contribution in [2.75, 3.05) is 7.11 Å². The topological polar surface area (TPSA) is 29.5 Å². The van der Waals surface area contributed by atoms with Gasteiger partial charge in [0, 0.05) is 5.56 Å². The van der Waals surface area contributed by atoms with Gasteiger partial charge in [-0.3, -0.25) is 0 Å². The van der Waals surface area contributed by atoms with E-state index < -0.39 is 5.60 Å². The molecule has 0 bridgehead atoms. The molecule has 19 heavy (non-hydrogen) atoms. The van der Waals surface area contributed by atoms with Crippen molar-refractivity contribution in [3.05, 3.63) is 28.8 Å². The monoisotopic (exact) mass is 262 g/mol. The molecule has 0 saturated heterocycles. The van der Waals surface area contributed by atoms with Crippen LogP contribution in [0.4, 0.5) is 0 Å². The van der Waals surface area contributed by atoms with E-state index in [9.17, 15) is 5.11 Å². The molecule has 2 nitrogen and oxygen atoms in total. The molecule has 1 aromatic rings. The zero-order valence-electron chi connectivity index (χ0n) is 12.6. The van der Waals surface area contributed by atoms with E-state index in [1.165, 1.54) is 12.0 Å². The van der Waals surface area contributed by atoms with Gasteiger partial charge in [-0.05, 0) is 56.6 Å². The number of ether oxygens (including phenoxy) is 1. The number of hydrogen-bond acceptors (Lipinski definition) is 2. The maximum Gasteiger partial charge on any atom is 0.128 e. The highest BCUT2D eigenvalue weighted by molar-refractivity contribution is 5.48. The highest BCUT2D eigenvalue weighted by atomic mass is 16.5. The summed E-state index contributed by atoms with van der Waals surface area (Å²) in [7, 11) is 1.70. The fraction of sp³-hybridized carbons (Fsp3) is 0.647. The molecule has 1 aliphatic carbocycles. The number of benzene rings is 1. The van der Waals surface area contributed by atoms with Crippen molar-refractivity contribution in [3.8, 4) is 5.75 Å². The van der Waals surface area contributed by atoms with Gasteiger partial charge in [0.2, 0.25) is 0 Å². The molecule has 1 aliphatic rings. The summed E-state index contributed by atoms with van der Waals surface area (Å²) in [4.78, 5) is 0.